The molecule has 4 aromatic rings. The number of hydrogen-bond donors (Lipinski definition) is 1. The van der Waals surface area contributed by atoms with Crippen LogP contribution in [0.1, 0.15) is 23.1 Å². The lowest BCUT2D eigenvalue weighted by Crippen LogP contribution is -2.28. The lowest BCUT2D eigenvalue weighted by molar-refractivity contribution is -0.644. The van der Waals surface area contributed by atoms with Gasteiger partial charge in [0.1, 0.15) is 7.05 Å². The van der Waals surface area contributed by atoms with Crippen LogP contribution in [0, 0.1) is 0 Å². The molecule has 3 aromatic carbocycles. The summed E-state index contributed by atoms with van der Waals surface area (Å²) in [6, 6.07) is 28.3. The summed E-state index contributed by atoms with van der Waals surface area (Å²) in [5, 5.41) is 1.26. The molecule has 0 aliphatic heterocycles. The normalized spacial score (nSPS) is 14.2. The molecule has 1 heterocycles. The van der Waals surface area contributed by atoms with Gasteiger partial charge < -0.3 is 15.5 Å². The Morgan fingerprint density at radius 3 is 2.02 bits per heavy atom. The van der Waals surface area contributed by atoms with Crippen molar-refractivity contribution in [2.75, 3.05) is 48.5 Å². The van der Waals surface area contributed by atoms with Crippen molar-refractivity contribution in [1.82, 2.24) is 0 Å². The van der Waals surface area contributed by atoms with Crippen molar-refractivity contribution in [3.05, 3.63) is 156 Å². The van der Waals surface area contributed by atoms with Crippen molar-refractivity contribution in [1.29, 1.82) is 0 Å². The molecule has 0 fully saturated rings. The zero-order valence-electron chi connectivity index (χ0n) is 27.6. The number of aryl methyl sites for hydroxylation is 1. The van der Waals surface area contributed by atoms with E-state index in [1.54, 1.807) is 6.20 Å². The van der Waals surface area contributed by atoms with Crippen LogP contribution in [0.5, 0.6) is 0 Å². The average molecular weight is 658 g/mol. The zero-order valence-corrected chi connectivity index (χ0v) is 29.3. The highest BCUT2D eigenvalue weighted by atomic mass is 33.1. The Morgan fingerprint density at radius 2 is 1.40 bits per heavy atom. The fourth-order valence-corrected chi connectivity index (χ4v) is 7.50. The highest BCUT2D eigenvalue weighted by Gasteiger charge is 2.07. The Kier molecular flexibility index (Phi) is 12.6. The van der Waals surface area contributed by atoms with Gasteiger partial charge in [-0.1, -0.05) is 107 Å². The molecule has 0 atom stereocenters. The van der Waals surface area contributed by atoms with E-state index >= 15 is 0 Å². The zero-order chi connectivity index (χ0) is 32.8. The summed E-state index contributed by atoms with van der Waals surface area (Å²) in [5.41, 5.74) is 15.4. The summed E-state index contributed by atoms with van der Waals surface area (Å²) in [6.45, 7) is 2.02. The maximum absolute atomic E-state index is 5.70. The summed E-state index contributed by atoms with van der Waals surface area (Å²) in [6.07, 6.45) is 23.8. The van der Waals surface area contributed by atoms with Crippen molar-refractivity contribution < 1.29 is 4.57 Å². The third-order valence-electron chi connectivity index (χ3n) is 8.28. The molecule has 5 rings (SSSR count). The van der Waals surface area contributed by atoms with Crippen LogP contribution in [0.3, 0.4) is 0 Å². The van der Waals surface area contributed by atoms with E-state index in [4.69, 9.17) is 5.73 Å². The van der Waals surface area contributed by atoms with E-state index in [0.717, 1.165) is 36.6 Å². The molecule has 6 heteroatoms. The first-order valence-electron chi connectivity index (χ1n) is 16.1. The van der Waals surface area contributed by atoms with Crippen LogP contribution >= 0.6 is 21.6 Å². The fraction of sp³-hybridized carbons (Fsp3) is 0.195. The molecule has 0 radical (unpaired) electrons. The molecular weight excluding hydrogens is 613 g/mol. The van der Waals surface area contributed by atoms with E-state index in [1.165, 1.54) is 44.5 Å². The molecule has 0 unspecified atom stereocenters. The number of nitrogens with two attached hydrogens (primary N) is 1. The Hall–Kier alpha value is -4.39. The topological polar surface area (TPSA) is 36.4 Å². The number of anilines is 2. The third-order valence-corrected chi connectivity index (χ3v) is 10.6. The minimum atomic E-state index is 0.927. The van der Waals surface area contributed by atoms with Crippen molar-refractivity contribution >= 4 is 62.1 Å². The van der Waals surface area contributed by atoms with Crippen LogP contribution in [0.15, 0.2) is 139 Å². The van der Waals surface area contributed by atoms with Crippen LogP contribution in [-0.4, -0.2) is 38.7 Å². The molecule has 0 spiro atoms. The van der Waals surface area contributed by atoms with Crippen LogP contribution in [-0.2, 0) is 7.05 Å². The second-order valence-corrected chi connectivity index (χ2v) is 14.3. The largest absolute Gasteiger partial charge is 0.405 e. The van der Waals surface area contributed by atoms with E-state index in [9.17, 15) is 0 Å². The molecule has 0 amide bonds. The molecule has 1 aliphatic rings. The van der Waals surface area contributed by atoms with Crippen LogP contribution in [0.2, 0.25) is 0 Å². The Labute approximate surface area is 288 Å². The van der Waals surface area contributed by atoms with Crippen molar-refractivity contribution in [3.63, 3.8) is 0 Å². The number of nitrogens with zero attached hydrogens (tertiary/aromatic N) is 3. The standard InChI is InChI=1S/C41H45N4S2/c1-43(38-21-15-33(16-22-38)13-19-36(25-27-42)35-9-5-4-6-10-35)29-31-46-47-32-30-44(2)39-23-17-34(18-24-39)14-20-37-26-28-45(3)41-12-8-7-11-40(37)41/h4-9,11-28H,10,29-32,42H2,1-3H3/q+1/b19-13+,27-25-,36-35-. The summed E-state index contributed by atoms with van der Waals surface area (Å²) in [7, 11) is 10.3. The summed E-state index contributed by atoms with van der Waals surface area (Å²) >= 11 is 0. The number of hydrogen-bond acceptors (Lipinski definition) is 5. The van der Waals surface area contributed by atoms with Crippen LogP contribution < -0.4 is 20.1 Å². The first kappa shape index (κ1) is 34.0. The number of benzene rings is 3. The van der Waals surface area contributed by atoms with E-state index in [0.29, 0.717) is 0 Å². The van der Waals surface area contributed by atoms with Gasteiger partial charge in [-0.25, -0.2) is 4.57 Å². The van der Waals surface area contributed by atoms with Crippen LogP contribution in [0.4, 0.5) is 11.4 Å². The number of fused-ring (bicyclic) bond motifs is 1. The minimum Gasteiger partial charge on any atom is -0.405 e. The minimum absolute atomic E-state index is 0.927. The van der Waals surface area contributed by atoms with Gasteiger partial charge in [-0.2, -0.15) is 0 Å². The monoisotopic (exact) mass is 657 g/mol. The molecule has 4 nitrogen and oxygen atoms in total. The predicted molar refractivity (Wildman–Crippen MR) is 211 cm³/mol. The Balaban J connectivity index is 1.02. The Morgan fingerprint density at radius 1 is 0.766 bits per heavy atom. The third kappa shape index (κ3) is 9.80. The van der Waals surface area contributed by atoms with E-state index < -0.39 is 0 Å². The predicted octanol–water partition coefficient (Wildman–Crippen LogP) is 9.09. The second-order valence-electron chi connectivity index (χ2n) is 11.6. The molecule has 2 N–H and O–H groups in total. The van der Waals surface area contributed by atoms with E-state index in [1.807, 2.05) is 27.7 Å². The Bertz CT molecular complexity index is 1800. The fourth-order valence-electron chi connectivity index (χ4n) is 5.41. The molecule has 47 heavy (non-hydrogen) atoms. The van der Waals surface area contributed by atoms with E-state index in [2.05, 4.69) is 169 Å². The number of pyridine rings is 1. The number of aromatic nitrogens is 1. The number of rotatable bonds is 14. The van der Waals surface area contributed by atoms with Gasteiger partial charge >= 0.3 is 0 Å². The van der Waals surface area contributed by atoms with Gasteiger partial charge in [0.05, 0.1) is 5.39 Å². The van der Waals surface area contributed by atoms with Gasteiger partial charge in [0.25, 0.3) is 0 Å². The maximum Gasteiger partial charge on any atom is 0.212 e. The second kappa shape index (κ2) is 17.5. The van der Waals surface area contributed by atoms with Gasteiger partial charge in [-0.3, -0.25) is 0 Å². The summed E-state index contributed by atoms with van der Waals surface area (Å²) in [4.78, 5) is 4.66. The maximum atomic E-state index is 5.70. The first-order valence-corrected chi connectivity index (χ1v) is 18.6. The molecule has 0 bridgehead atoms. The van der Waals surface area contributed by atoms with Gasteiger partial charge in [-0.15, -0.1) is 0 Å². The van der Waals surface area contributed by atoms with Crippen LogP contribution in [0.25, 0.3) is 29.1 Å². The van der Waals surface area contributed by atoms with E-state index in [-0.39, 0.29) is 0 Å². The SMILES string of the molecule is CN(CCSSCCN(C)c1ccc(/C=C/c2cc[n+](C)c3ccccc23)cc1)c1ccc(/C=C/C(/C=C\N)=C2\C=CC=CC2)cc1. The highest BCUT2D eigenvalue weighted by molar-refractivity contribution is 8.76. The van der Waals surface area contributed by atoms with Gasteiger partial charge in [0.15, 0.2) is 6.20 Å². The van der Waals surface area contributed by atoms with Crippen molar-refractivity contribution in [2.24, 2.45) is 12.8 Å². The first-order chi connectivity index (χ1) is 23.0. The molecular formula is C41H45N4S2+. The number of allylic oxidation sites excluding steroid dienone is 8. The number of para-hydroxylation sites is 1. The smallest absolute Gasteiger partial charge is 0.212 e. The van der Waals surface area contributed by atoms with Gasteiger partial charge in [0.2, 0.25) is 5.52 Å². The molecule has 240 valence electrons. The van der Waals surface area contributed by atoms with Crippen molar-refractivity contribution in [2.45, 2.75) is 6.42 Å². The van der Waals surface area contributed by atoms with Crippen molar-refractivity contribution in [3.8, 4) is 0 Å². The lowest BCUT2D eigenvalue weighted by atomic mass is 10.00. The highest BCUT2D eigenvalue weighted by Crippen LogP contribution is 2.25. The van der Waals surface area contributed by atoms with Gasteiger partial charge in [0, 0.05) is 62.2 Å². The molecule has 0 saturated heterocycles. The average Bonchev–Trinajstić information content (AvgIpc) is 3.12. The molecule has 1 aliphatic carbocycles. The summed E-state index contributed by atoms with van der Waals surface area (Å²) in [5.74, 6) is 2.16. The molecule has 1 aromatic heterocycles. The quantitative estimate of drug-likeness (QED) is 0.0832. The van der Waals surface area contributed by atoms with Gasteiger partial charge in [-0.05, 0) is 76.9 Å². The molecule has 0 saturated carbocycles. The lowest BCUT2D eigenvalue weighted by Gasteiger charge is -2.20. The summed E-state index contributed by atoms with van der Waals surface area (Å²) < 4.78 is 2.16.